The van der Waals surface area contributed by atoms with E-state index in [0.717, 1.165) is 10.0 Å². The van der Waals surface area contributed by atoms with Gasteiger partial charge in [0, 0.05) is 10.5 Å². The fourth-order valence-electron chi connectivity index (χ4n) is 1.61. The minimum Gasteiger partial charge on any atom is -0.344 e. The molecule has 1 aromatic carbocycles. The number of hydrogen-bond acceptors (Lipinski definition) is 2. The Morgan fingerprint density at radius 1 is 1.50 bits per heavy atom. The number of amides is 1. The molecular formula is C14H17BrN2O. The van der Waals surface area contributed by atoms with E-state index in [2.05, 4.69) is 32.5 Å². The van der Waals surface area contributed by atoms with Crippen LogP contribution >= 0.6 is 15.9 Å². The molecule has 0 fully saturated rings. The second kappa shape index (κ2) is 7.20. The van der Waals surface area contributed by atoms with Crippen molar-refractivity contribution in [2.75, 3.05) is 6.54 Å². The number of hydrogen-bond donors (Lipinski definition) is 2. The Morgan fingerprint density at radius 2 is 2.22 bits per heavy atom. The first-order chi connectivity index (χ1) is 8.54. The molecule has 1 aromatic rings. The molecule has 2 unspecified atom stereocenters. The number of carbonyl (C=O) groups excluding carboxylic acids is 1. The van der Waals surface area contributed by atoms with Crippen molar-refractivity contribution in [2.45, 2.75) is 25.9 Å². The van der Waals surface area contributed by atoms with Gasteiger partial charge in [0.2, 0.25) is 5.91 Å². The van der Waals surface area contributed by atoms with Crippen LogP contribution in [0.15, 0.2) is 28.7 Å². The van der Waals surface area contributed by atoms with E-state index in [4.69, 9.17) is 6.42 Å². The van der Waals surface area contributed by atoms with Gasteiger partial charge in [-0.05, 0) is 31.5 Å². The minimum absolute atomic E-state index is 0.0882. The van der Waals surface area contributed by atoms with Gasteiger partial charge in [-0.3, -0.25) is 10.1 Å². The Hall–Kier alpha value is -1.31. The first kappa shape index (κ1) is 14.7. The van der Waals surface area contributed by atoms with Gasteiger partial charge in [0.25, 0.3) is 0 Å². The van der Waals surface area contributed by atoms with Gasteiger partial charge >= 0.3 is 0 Å². The predicted molar refractivity (Wildman–Crippen MR) is 77.0 cm³/mol. The molecule has 0 aromatic heterocycles. The molecule has 96 valence electrons. The molecule has 0 aliphatic rings. The van der Waals surface area contributed by atoms with Gasteiger partial charge < -0.3 is 5.32 Å². The van der Waals surface area contributed by atoms with Gasteiger partial charge in [0.1, 0.15) is 0 Å². The Balaban J connectivity index is 2.57. The maximum absolute atomic E-state index is 11.7. The summed E-state index contributed by atoms with van der Waals surface area (Å²) in [5, 5.41) is 5.88. The third kappa shape index (κ3) is 4.52. The lowest BCUT2D eigenvalue weighted by atomic mass is 10.1. The average molecular weight is 309 g/mol. The monoisotopic (exact) mass is 308 g/mol. The maximum atomic E-state index is 11.7. The molecule has 0 radical (unpaired) electrons. The molecule has 18 heavy (non-hydrogen) atoms. The first-order valence-corrected chi connectivity index (χ1v) is 6.56. The minimum atomic E-state index is -0.285. The summed E-state index contributed by atoms with van der Waals surface area (Å²) in [5.74, 6) is 2.29. The van der Waals surface area contributed by atoms with Crippen molar-refractivity contribution in [2.24, 2.45) is 0 Å². The molecule has 0 heterocycles. The highest BCUT2D eigenvalue weighted by molar-refractivity contribution is 9.10. The van der Waals surface area contributed by atoms with Gasteiger partial charge in [-0.1, -0.05) is 34.0 Å². The van der Waals surface area contributed by atoms with E-state index >= 15 is 0 Å². The summed E-state index contributed by atoms with van der Waals surface area (Å²) in [6.07, 6.45) is 5.10. The number of terminal acetylenes is 1. The quantitative estimate of drug-likeness (QED) is 0.819. The third-order valence-electron chi connectivity index (χ3n) is 2.61. The van der Waals surface area contributed by atoms with Crippen LogP contribution in [0.4, 0.5) is 0 Å². The molecule has 0 aliphatic carbocycles. The van der Waals surface area contributed by atoms with Crippen molar-refractivity contribution in [1.82, 2.24) is 10.6 Å². The fraction of sp³-hybridized carbons (Fsp3) is 0.357. The Kier molecular flexibility index (Phi) is 5.90. The van der Waals surface area contributed by atoms with E-state index in [-0.39, 0.29) is 24.5 Å². The fourth-order valence-corrected chi connectivity index (χ4v) is 2.03. The summed E-state index contributed by atoms with van der Waals surface area (Å²) >= 11 is 3.43. The standard InChI is InChI=1S/C14H17BrN2O/c1-4-8-16-14(18)11(3)17-10(2)12-6-5-7-13(15)9-12/h1,5-7,9-11,17H,8H2,2-3H3,(H,16,18). The lowest BCUT2D eigenvalue weighted by Crippen LogP contribution is -2.43. The molecule has 0 saturated carbocycles. The lowest BCUT2D eigenvalue weighted by Gasteiger charge is -2.19. The summed E-state index contributed by atoms with van der Waals surface area (Å²) in [6.45, 7) is 4.10. The van der Waals surface area contributed by atoms with Crippen LogP contribution in [0.5, 0.6) is 0 Å². The van der Waals surface area contributed by atoms with Gasteiger partial charge in [-0.2, -0.15) is 0 Å². The highest BCUT2D eigenvalue weighted by Crippen LogP contribution is 2.18. The zero-order valence-electron chi connectivity index (χ0n) is 10.5. The largest absolute Gasteiger partial charge is 0.344 e. The Bertz CT molecular complexity index is 453. The summed E-state index contributed by atoms with van der Waals surface area (Å²) in [6, 6.07) is 7.81. The van der Waals surface area contributed by atoms with Gasteiger partial charge in [0.15, 0.2) is 0 Å². The van der Waals surface area contributed by atoms with E-state index in [1.807, 2.05) is 38.1 Å². The highest BCUT2D eigenvalue weighted by Gasteiger charge is 2.15. The van der Waals surface area contributed by atoms with E-state index < -0.39 is 0 Å². The van der Waals surface area contributed by atoms with Gasteiger partial charge in [-0.25, -0.2) is 0 Å². The number of benzene rings is 1. The molecule has 0 saturated heterocycles. The average Bonchev–Trinajstić information content (AvgIpc) is 2.35. The zero-order valence-corrected chi connectivity index (χ0v) is 12.1. The molecule has 1 amide bonds. The first-order valence-electron chi connectivity index (χ1n) is 5.77. The molecular weight excluding hydrogens is 292 g/mol. The van der Waals surface area contributed by atoms with Crippen LogP contribution in [-0.4, -0.2) is 18.5 Å². The molecule has 3 nitrogen and oxygen atoms in total. The molecule has 4 heteroatoms. The van der Waals surface area contributed by atoms with E-state index in [1.165, 1.54) is 0 Å². The lowest BCUT2D eigenvalue weighted by molar-refractivity contribution is -0.122. The van der Waals surface area contributed by atoms with Crippen LogP contribution in [0.2, 0.25) is 0 Å². The van der Waals surface area contributed by atoms with Crippen molar-refractivity contribution in [3.05, 3.63) is 34.3 Å². The summed E-state index contributed by atoms with van der Waals surface area (Å²) in [7, 11) is 0. The number of rotatable bonds is 5. The molecule has 2 atom stereocenters. The summed E-state index contributed by atoms with van der Waals surface area (Å²) < 4.78 is 1.03. The molecule has 0 bridgehead atoms. The van der Waals surface area contributed by atoms with Crippen molar-refractivity contribution in [3.63, 3.8) is 0 Å². The number of carbonyl (C=O) groups is 1. The van der Waals surface area contributed by atoms with E-state index in [9.17, 15) is 4.79 Å². The number of halogens is 1. The van der Waals surface area contributed by atoms with E-state index in [1.54, 1.807) is 0 Å². The molecule has 1 rings (SSSR count). The Morgan fingerprint density at radius 3 is 2.83 bits per heavy atom. The third-order valence-corrected chi connectivity index (χ3v) is 3.10. The SMILES string of the molecule is C#CCNC(=O)C(C)NC(C)c1cccc(Br)c1. The number of nitrogens with one attached hydrogen (secondary N) is 2. The predicted octanol–water partition coefficient (Wildman–Crippen LogP) is 2.24. The molecule has 0 spiro atoms. The van der Waals surface area contributed by atoms with Crippen molar-refractivity contribution < 1.29 is 4.79 Å². The summed E-state index contributed by atoms with van der Waals surface area (Å²) in [4.78, 5) is 11.7. The van der Waals surface area contributed by atoms with Crippen molar-refractivity contribution in [3.8, 4) is 12.3 Å². The van der Waals surface area contributed by atoms with Crippen LogP contribution in [0.3, 0.4) is 0 Å². The topological polar surface area (TPSA) is 41.1 Å². The van der Waals surface area contributed by atoms with Crippen LogP contribution in [0.25, 0.3) is 0 Å². The summed E-state index contributed by atoms with van der Waals surface area (Å²) in [5.41, 5.74) is 1.13. The van der Waals surface area contributed by atoms with Crippen molar-refractivity contribution in [1.29, 1.82) is 0 Å². The second-order valence-corrected chi connectivity index (χ2v) is 5.00. The Labute approximate surface area is 116 Å². The van der Waals surface area contributed by atoms with Crippen molar-refractivity contribution >= 4 is 21.8 Å². The molecule has 2 N–H and O–H groups in total. The second-order valence-electron chi connectivity index (χ2n) is 4.09. The highest BCUT2D eigenvalue weighted by atomic mass is 79.9. The normalized spacial score (nSPS) is 13.4. The smallest absolute Gasteiger partial charge is 0.237 e. The van der Waals surface area contributed by atoms with Gasteiger partial charge in [-0.15, -0.1) is 6.42 Å². The maximum Gasteiger partial charge on any atom is 0.237 e. The van der Waals surface area contributed by atoms with Crippen LogP contribution in [0, 0.1) is 12.3 Å². The van der Waals surface area contributed by atoms with Crippen LogP contribution in [-0.2, 0) is 4.79 Å². The van der Waals surface area contributed by atoms with Gasteiger partial charge in [0.05, 0.1) is 12.6 Å². The van der Waals surface area contributed by atoms with E-state index in [0.29, 0.717) is 0 Å². The molecule has 0 aliphatic heterocycles. The van der Waals surface area contributed by atoms with Crippen LogP contribution in [0.1, 0.15) is 25.5 Å². The van der Waals surface area contributed by atoms with Crippen LogP contribution < -0.4 is 10.6 Å². The zero-order chi connectivity index (χ0) is 13.5.